The highest BCUT2D eigenvalue weighted by atomic mass is 16.5. The molecule has 2 aromatic heterocycles. The third kappa shape index (κ3) is 3.40. The van der Waals surface area contributed by atoms with Crippen LogP contribution in [0.25, 0.3) is 5.65 Å². The molecule has 3 heterocycles. The van der Waals surface area contributed by atoms with Crippen LogP contribution in [-0.4, -0.2) is 44.3 Å². The van der Waals surface area contributed by atoms with E-state index in [1.54, 1.807) is 39.0 Å². The number of aryl methyl sites for hydroxylation is 1. The largest absolute Gasteiger partial charge is 0.458 e. The van der Waals surface area contributed by atoms with E-state index in [0.29, 0.717) is 12.1 Å². The minimum Gasteiger partial charge on any atom is -0.458 e. The molecule has 3 rings (SSSR count). The normalized spacial score (nSPS) is 19.4. The summed E-state index contributed by atoms with van der Waals surface area (Å²) in [4.78, 5) is 53.6. The lowest BCUT2D eigenvalue weighted by atomic mass is 9.99. The summed E-state index contributed by atoms with van der Waals surface area (Å²) in [6.07, 6.45) is 0.410. The molecular weight excluding hydrogens is 352 g/mol. The van der Waals surface area contributed by atoms with Gasteiger partial charge in [-0.1, -0.05) is 13.0 Å². The Labute approximate surface area is 154 Å². The van der Waals surface area contributed by atoms with E-state index in [4.69, 9.17) is 4.74 Å². The number of pyridine rings is 1. The Hall–Kier alpha value is -3.23. The van der Waals surface area contributed by atoms with Crippen LogP contribution in [0.5, 0.6) is 0 Å². The Morgan fingerprint density at radius 2 is 2.04 bits per heavy atom. The van der Waals surface area contributed by atoms with Crippen molar-refractivity contribution in [2.45, 2.75) is 39.3 Å². The second kappa shape index (κ2) is 6.82. The van der Waals surface area contributed by atoms with Gasteiger partial charge in [0.05, 0.1) is 5.69 Å². The molecule has 1 atom stereocenters. The number of hydrogen-bond donors (Lipinski definition) is 1. The monoisotopic (exact) mass is 372 g/mol. The summed E-state index contributed by atoms with van der Waals surface area (Å²) in [7, 11) is 0. The van der Waals surface area contributed by atoms with Crippen LogP contribution in [0.1, 0.15) is 31.7 Å². The SMILES string of the molecule is CC[C@]1(C)NC(=O)N(CC(=O)OCc2cc(=O)n3c(C)cccc3n2)C1=O. The number of fused-ring (bicyclic) bond motifs is 1. The van der Waals surface area contributed by atoms with Gasteiger partial charge in [-0.25, -0.2) is 9.78 Å². The van der Waals surface area contributed by atoms with Crippen molar-refractivity contribution in [1.29, 1.82) is 0 Å². The molecular formula is C18H20N4O5. The van der Waals surface area contributed by atoms with Crippen molar-refractivity contribution in [2.24, 2.45) is 0 Å². The maximum atomic E-state index is 12.3. The van der Waals surface area contributed by atoms with E-state index in [1.807, 2.05) is 0 Å². The number of urea groups is 1. The first-order chi connectivity index (χ1) is 12.7. The van der Waals surface area contributed by atoms with Crippen LogP contribution in [0.2, 0.25) is 0 Å². The first-order valence-corrected chi connectivity index (χ1v) is 8.53. The molecule has 9 heteroatoms. The van der Waals surface area contributed by atoms with Crippen LogP contribution in [0, 0.1) is 6.92 Å². The van der Waals surface area contributed by atoms with E-state index < -0.39 is 30.0 Å². The topological polar surface area (TPSA) is 110 Å². The van der Waals surface area contributed by atoms with Crippen molar-refractivity contribution in [3.63, 3.8) is 0 Å². The molecule has 0 aliphatic carbocycles. The molecule has 0 spiro atoms. The quantitative estimate of drug-likeness (QED) is 0.613. The van der Waals surface area contributed by atoms with Crippen molar-refractivity contribution in [3.8, 4) is 0 Å². The average molecular weight is 372 g/mol. The average Bonchev–Trinajstić information content (AvgIpc) is 2.83. The molecule has 1 aliphatic heterocycles. The summed E-state index contributed by atoms with van der Waals surface area (Å²) in [6, 6.07) is 5.90. The zero-order chi connectivity index (χ0) is 19.8. The highest BCUT2D eigenvalue weighted by Gasteiger charge is 2.47. The second-order valence-corrected chi connectivity index (χ2v) is 6.61. The van der Waals surface area contributed by atoms with Crippen LogP contribution in [0.4, 0.5) is 4.79 Å². The van der Waals surface area contributed by atoms with Crippen LogP contribution in [-0.2, 0) is 20.9 Å². The van der Waals surface area contributed by atoms with Gasteiger partial charge in [0.15, 0.2) is 0 Å². The van der Waals surface area contributed by atoms with Crippen LogP contribution < -0.4 is 10.9 Å². The molecule has 9 nitrogen and oxygen atoms in total. The standard InChI is InChI=1S/C18H20N4O5/c1-4-18(3)16(25)21(17(26)20-18)9-15(24)27-10-12-8-14(23)22-11(2)6-5-7-13(22)19-12/h5-8H,4,9-10H2,1-3H3,(H,20,26)/t18-/m0/s1. The third-order valence-corrected chi connectivity index (χ3v) is 4.65. The molecule has 1 aliphatic rings. The Bertz CT molecular complexity index is 999. The highest BCUT2D eigenvalue weighted by molar-refractivity contribution is 6.08. The van der Waals surface area contributed by atoms with Crippen molar-refractivity contribution in [2.75, 3.05) is 6.54 Å². The molecule has 142 valence electrons. The van der Waals surface area contributed by atoms with E-state index in [9.17, 15) is 19.2 Å². The van der Waals surface area contributed by atoms with E-state index in [1.165, 1.54) is 10.5 Å². The van der Waals surface area contributed by atoms with Gasteiger partial charge in [-0.3, -0.25) is 23.7 Å². The van der Waals surface area contributed by atoms with Gasteiger partial charge < -0.3 is 10.1 Å². The minimum atomic E-state index is -1.01. The number of amides is 3. The number of nitrogens with one attached hydrogen (secondary N) is 1. The molecule has 0 bridgehead atoms. The Morgan fingerprint density at radius 1 is 1.30 bits per heavy atom. The van der Waals surface area contributed by atoms with Gasteiger partial charge in [-0.05, 0) is 32.4 Å². The fraction of sp³-hybridized carbons (Fsp3) is 0.389. The number of rotatable bonds is 5. The zero-order valence-electron chi connectivity index (χ0n) is 15.3. The second-order valence-electron chi connectivity index (χ2n) is 6.61. The summed E-state index contributed by atoms with van der Waals surface area (Å²) < 4.78 is 6.55. The van der Waals surface area contributed by atoms with Crippen molar-refractivity contribution >= 4 is 23.6 Å². The summed E-state index contributed by atoms with van der Waals surface area (Å²) in [5.74, 6) is -1.23. The highest BCUT2D eigenvalue weighted by Crippen LogP contribution is 2.20. The first kappa shape index (κ1) is 18.6. The maximum absolute atomic E-state index is 12.3. The molecule has 0 unspecified atom stereocenters. The van der Waals surface area contributed by atoms with E-state index in [2.05, 4.69) is 10.3 Å². The van der Waals surface area contributed by atoms with E-state index in [-0.39, 0.29) is 17.9 Å². The number of carbonyl (C=O) groups excluding carboxylic acids is 3. The van der Waals surface area contributed by atoms with Gasteiger partial charge >= 0.3 is 12.0 Å². The van der Waals surface area contributed by atoms with E-state index in [0.717, 1.165) is 10.6 Å². The van der Waals surface area contributed by atoms with Gasteiger partial charge in [-0.2, -0.15) is 0 Å². The Balaban J connectivity index is 1.68. The molecule has 0 radical (unpaired) electrons. The number of aromatic nitrogens is 2. The number of ether oxygens (including phenoxy) is 1. The number of carbonyl (C=O) groups is 3. The summed E-state index contributed by atoms with van der Waals surface area (Å²) in [6.45, 7) is 4.44. The molecule has 1 fully saturated rings. The minimum absolute atomic E-state index is 0.229. The number of hydrogen-bond acceptors (Lipinski definition) is 6. The molecule has 27 heavy (non-hydrogen) atoms. The number of esters is 1. The fourth-order valence-corrected chi connectivity index (χ4v) is 2.90. The Kier molecular flexibility index (Phi) is 4.69. The summed E-state index contributed by atoms with van der Waals surface area (Å²) in [5, 5.41) is 2.57. The van der Waals surface area contributed by atoms with E-state index >= 15 is 0 Å². The van der Waals surface area contributed by atoms with Gasteiger partial charge in [0.1, 0.15) is 24.3 Å². The predicted octanol–water partition coefficient (Wildman–Crippen LogP) is 0.767. The lowest BCUT2D eigenvalue weighted by Crippen LogP contribution is -2.43. The first-order valence-electron chi connectivity index (χ1n) is 8.53. The molecule has 0 aromatic carbocycles. The van der Waals surface area contributed by atoms with Gasteiger partial charge in [0.25, 0.3) is 11.5 Å². The van der Waals surface area contributed by atoms with Crippen LogP contribution in [0.3, 0.4) is 0 Å². The predicted molar refractivity (Wildman–Crippen MR) is 94.9 cm³/mol. The number of imide groups is 1. The molecule has 0 saturated carbocycles. The van der Waals surface area contributed by atoms with Crippen molar-refractivity contribution < 1.29 is 19.1 Å². The molecule has 1 N–H and O–H groups in total. The van der Waals surface area contributed by atoms with Gasteiger partial charge in [0.2, 0.25) is 0 Å². The van der Waals surface area contributed by atoms with Gasteiger partial charge in [0, 0.05) is 11.8 Å². The van der Waals surface area contributed by atoms with Gasteiger partial charge in [-0.15, -0.1) is 0 Å². The summed E-state index contributed by atoms with van der Waals surface area (Å²) in [5.41, 5.74) is 0.183. The molecule has 3 amide bonds. The smallest absolute Gasteiger partial charge is 0.326 e. The maximum Gasteiger partial charge on any atom is 0.326 e. The number of nitrogens with zero attached hydrogens (tertiary/aromatic N) is 3. The zero-order valence-corrected chi connectivity index (χ0v) is 15.3. The van der Waals surface area contributed by atoms with Crippen LogP contribution in [0.15, 0.2) is 29.1 Å². The lowest BCUT2D eigenvalue weighted by Gasteiger charge is -2.18. The Morgan fingerprint density at radius 3 is 2.70 bits per heavy atom. The lowest BCUT2D eigenvalue weighted by molar-refractivity contribution is -0.148. The fourth-order valence-electron chi connectivity index (χ4n) is 2.90. The molecule has 1 saturated heterocycles. The summed E-state index contributed by atoms with van der Waals surface area (Å²) >= 11 is 0. The van der Waals surface area contributed by atoms with Crippen LogP contribution >= 0.6 is 0 Å². The van der Waals surface area contributed by atoms with Crippen molar-refractivity contribution in [3.05, 3.63) is 46.0 Å². The molecule has 2 aromatic rings. The third-order valence-electron chi connectivity index (χ3n) is 4.65. The van der Waals surface area contributed by atoms with Crippen molar-refractivity contribution in [1.82, 2.24) is 19.6 Å².